The first-order valence-corrected chi connectivity index (χ1v) is 5.90. The van der Waals surface area contributed by atoms with Gasteiger partial charge in [0.25, 0.3) is 6.43 Å². The van der Waals surface area contributed by atoms with Gasteiger partial charge in [0.15, 0.2) is 5.69 Å². The molecular formula is C11H17F2N3O. The summed E-state index contributed by atoms with van der Waals surface area (Å²) in [6, 6.07) is 0. The van der Waals surface area contributed by atoms with Crippen LogP contribution in [-0.2, 0) is 0 Å². The van der Waals surface area contributed by atoms with Crippen LogP contribution in [0.25, 0.3) is 0 Å². The third kappa shape index (κ3) is 2.57. The molecular weight excluding hydrogens is 228 g/mol. The lowest BCUT2D eigenvalue weighted by Gasteiger charge is -2.26. The van der Waals surface area contributed by atoms with E-state index in [0.717, 1.165) is 25.7 Å². The van der Waals surface area contributed by atoms with Crippen LogP contribution in [0.2, 0.25) is 0 Å². The largest absolute Gasteiger partial charge is 0.396 e. The minimum absolute atomic E-state index is 0.0603. The molecule has 1 aliphatic carbocycles. The van der Waals surface area contributed by atoms with Crippen LogP contribution in [-0.4, -0.2) is 14.9 Å². The summed E-state index contributed by atoms with van der Waals surface area (Å²) < 4.78 is 26.2. The van der Waals surface area contributed by atoms with Gasteiger partial charge in [-0.05, 0) is 12.8 Å². The molecule has 1 aromatic heterocycles. The number of nitrogens with zero attached hydrogens (tertiary/aromatic N) is 2. The van der Waals surface area contributed by atoms with Crippen LogP contribution < -0.4 is 5.73 Å². The highest BCUT2D eigenvalue weighted by molar-refractivity contribution is 5.41. The molecule has 4 nitrogen and oxygen atoms in total. The Bertz CT molecular complexity index is 375. The van der Waals surface area contributed by atoms with E-state index in [1.54, 1.807) is 0 Å². The maximum Gasteiger partial charge on any atom is 0.284 e. The van der Waals surface area contributed by atoms with E-state index in [1.165, 1.54) is 17.3 Å². The number of hydrogen-bond donors (Lipinski definition) is 2. The molecule has 0 amide bonds. The van der Waals surface area contributed by atoms with Gasteiger partial charge in [-0.25, -0.2) is 13.5 Å². The Morgan fingerprint density at radius 1 is 1.35 bits per heavy atom. The van der Waals surface area contributed by atoms with E-state index in [0.29, 0.717) is 0 Å². The number of aliphatic hydroxyl groups excluding tert-OH is 1. The van der Waals surface area contributed by atoms with Gasteiger partial charge >= 0.3 is 0 Å². The molecule has 0 aromatic carbocycles. The molecule has 0 radical (unpaired) electrons. The molecule has 1 atom stereocenters. The van der Waals surface area contributed by atoms with Gasteiger partial charge in [-0.15, -0.1) is 0 Å². The van der Waals surface area contributed by atoms with Crippen LogP contribution in [0.4, 0.5) is 14.5 Å². The zero-order chi connectivity index (χ0) is 12.4. The molecule has 0 saturated heterocycles. The first kappa shape index (κ1) is 12.3. The molecule has 1 unspecified atom stereocenters. The minimum Gasteiger partial charge on any atom is -0.396 e. The van der Waals surface area contributed by atoms with Crippen LogP contribution in [0.15, 0.2) is 6.20 Å². The van der Waals surface area contributed by atoms with Crippen LogP contribution in [0, 0.1) is 5.92 Å². The fourth-order valence-corrected chi connectivity index (χ4v) is 2.37. The SMILES string of the molecule is Nc1cn(C(O)C2CCCCC2)nc1C(F)F. The van der Waals surface area contributed by atoms with Crippen molar-refractivity contribution >= 4 is 5.69 Å². The number of rotatable bonds is 3. The smallest absolute Gasteiger partial charge is 0.284 e. The molecule has 0 aliphatic heterocycles. The number of hydrogen-bond acceptors (Lipinski definition) is 3. The lowest BCUT2D eigenvalue weighted by atomic mass is 9.88. The first-order chi connectivity index (χ1) is 8.09. The highest BCUT2D eigenvalue weighted by Gasteiger charge is 2.26. The van der Waals surface area contributed by atoms with Crippen molar-refractivity contribution in [2.75, 3.05) is 5.73 Å². The molecule has 1 heterocycles. The molecule has 0 spiro atoms. The van der Waals surface area contributed by atoms with Crippen LogP contribution in [0.5, 0.6) is 0 Å². The maximum atomic E-state index is 12.5. The van der Waals surface area contributed by atoms with Gasteiger partial charge in [0, 0.05) is 5.92 Å². The molecule has 0 bridgehead atoms. The predicted octanol–water partition coefficient (Wildman–Crippen LogP) is 2.47. The van der Waals surface area contributed by atoms with Gasteiger partial charge in [-0.1, -0.05) is 19.3 Å². The fourth-order valence-electron chi connectivity index (χ4n) is 2.37. The quantitative estimate of drug-likeness (QED) is 0.859. The van der Waals surface area contributed by atoms with E-state index in [2.05, 4.69) is 5.10 Å². The molecule has 2 rings (SSSR count). The van der Waals surface area contributed by atoms with E-state index < -0.39 is 18.3 Å². The Hall–Kier alpha value is -1.17. The van der Waals surface area contributed by atoms with Gasteiger partial charge in [0.1, 0.15) is 6.23 Å². The van der Waals surface area contributed by atoms with Gasteiger partial charge in [-0.3, -0.25) is 0 Å². The molecule has 6 heteroatoms. The summed E-state index contributed by atoms with van der Waals surface area (Å²) in [5.41, 5.74) is 4.93. The summed E-state index contributed by atoms with van der Waals surface area (Å²) in [6.07, 6.45) is 2.88. The summed E-state index contributed by atoms with van der Waals surface area (Å²) in [5.74, 6) is 0.0913. The Kier molecular flexibility index (Phi) is 3.61. The molecule has 17 heavy (non-hydrogen) atoms. The summed E-state index contributed by atoms with van der Waals surface area (Å²) >= 11 is 0. The van der Waals surface area contributed by atoms with E-state index in [1.807, 2.05) is 0 Å². The van der Waals surface area contributed by atoms with E-state index >= 15 is 0 Å². The third-order valence-electron chi connectivity index (χ3n) is 3.34. The normalized spacial score (nSPS) is 19.8. The van der Waals surface area contributed by atoms with Crippen LogP contribution in [0.1, 0.15) is 50.5 Å². The van der Waals surface area contributed by atoms with Gasteiger partial charge in [0.05, 0.1) is 11.9 Å². The highest BCUT2D eigenvalue weighted by Crippen LogP contribution is 2.32. The molecule has 1 saturated carbocycles. The fraction of sp³-hybridized carbons (Fsp3) is 0.727. The summed E-state index contributed by atoms with van der Waals surface area (Å²) in [7, 11) is 0. The summed E-state index contributed by atoms with van der Waals surface area (Å²) in [6.45, 7) is 0. The Balaban J connectivity index is 2.13. The molecule has 1 fully saturated rings. The number of aromatic nitrogens is 2. The number of halogens is 2. The Morgan fingerprint density at radius 2 is 2.00 bits per heavy atom. The van der Waals surface area contributed by atoms with Gasteiger partial charge in [-0.2, -0.15) is 5.10 Å². The second kappa shape index (κ2) is 5.00. The lowest BCUT2D eigenvalue weighted by molar-refractivity contribution is 0.0118. The van der Waals surface area contributed by atoms with E-state index in [4.69, 9.17) is 5.73 Å². The zero-order valence-corrected chi connectivity index (χ0v) is 9.52. The highest BCUT2D eigenvalue weighted by atomic mass is 19.3. The van der Waals surface area contributed by atoms with Crippen molar-refractivity contribution in [2.45, 2.75) is 44.8 Å². The number of nitrogens with two attached hydrogens (primary N) is 1. The van der Waals surface area contributed by atoms with Gasteiger partial charge < -0.3 is 10.8 Å². The Labute approximate surface area is 98.4 Å². The van der Waals surface area contributed by atoms with Crippen molar-refractivity contribution in [3.63, 3.8) is 0 Å². The topological polar surface area (TPSA) is 64.1 Å². The second-order valence-corrected chi connectivity index (χ2v) is 4.56. The van der Waals surface area contributed by atoms with Crippen molar-refractivity contribution in [1.82, 2.24) is 9.78 Å². The standard InChI is InChI=1S/C11H17F2N3O/c12-10(13)9-8(14)6-16(15-9)11(17)7-4-2-1-3-5-7/h6-7,10-11,17H,1-5,14H2. The van der Waals surface area contributed by atoms with Crippen LogP contribution >= 0.6 is 0 Å². The number of anilines is 1. The van der Waals surface area contributed by atoms with Gasteiger partial charge in [0.2, 0.25) is 0 Å². The Morgan fingerprint density at radius 3 is 2.53 bits per heavy atom. The summed E-state index contributed by atoms with van der Waals surface area (Å²) in [4.78, 5) is 0. The van der Waals surface area contributed by atoms with Crippen molar-refractivity contribution in [3.05, 3.63) is 11.9 Å². The minimum atomic E-state index is -2.70. The molecule has 1 aliphatic rings. The predicted molar refractivity (Wildman–Crippen MR) is 59.4 cm³/mol. The number of aliphatic hydroxyl groups is 1. The number of nitrogen functional groups attached to an aromatic ring is 1. The average Bonchev–Trinajstić information content (AvgIpc) is 2.71. The summed E-state index contributed by atoms with van der Waals surface area (Å²) in [5, 5.41) is 13.7. The number of alkyl halides is 2. The maximum absolute atomic E-state index is 12.5. The molecule has 3 N–H and O–H groups in total. The molecule has 96 valence electrons. The second-order valence-electron chi connectivity index (χ2n) is 4.56. The van der Waals surface area contributed by atoms with Crippen molar-refractivity contribution < 1.29 is 13.9 Å². The van der Waals surface area contributed by atoms with Crippen molar-refractivity contribution in [3.8, 4) is 0 Å². The van der Waals surface area contributed by atoms with E-state index in [9.17, 15) is 13.9 Å². The molecule has 1 aromatic rings. The lowest BCUT2D eigenvalue weighted by Crippen LogP contribution is -2.22. The first-order valence-electron chi connectivity index (χ1n) is 5.90. The van der Waals surface area contributed by atoms with Crippen molar-refractivity contribution in [2.24, 2.45) is 5.92 Å². The van der Waals surface area contributed by atoms with E-state index in [-0.39, 0.29) is 11.6 Å². The zero-order valence-electron chi connectivity index (χ0n) is 9.52. The average molecular weight is 245 g/mol. The monoisotopic (exact) mass is 245 g/mol. The van der Waals surface area contributed by atoms with Crippen molar-refractivity contribution in [1.29, 1.82) is 0 Å². The third-order valence-corrected chi connectivity index (χ3v) is 3.34. The van der Waals surface area contributed by atoms with Crippen LogP contribution in [0.3, 0.4) is 0 Å².